The Morgan fingerprint density at radius 1 is 1.50 bits per heavy atom. The molecule has 0 radical (unpaired) electrons. The number of nitrogens with one attached hydrogen (secondary N) is 1. The summed E-state index contributed by atoms with van der Waals surface area (Å²) in [6, 6.07) is 3.50. The van der Waals surface area contributed by atoms with Gasteiger partial charge in [0, 0.05) is 18.9 Å². The fourth-order valence-electron chi connectivity index (χ4n) is 0.888. The third kappa shape index (κ3) is 3.82. The average Bonchev–Trinajstić information content (AvgIpc) is 2.17. The number of pyridine rings is 1. The van der Waals surface area contributed by atoms with Crippen LogP contribution in [0.25, 0.3) is 0 Å². The summed E-state index contributed by atoms with van der Waals surface area (Å²) in [6.07, 6.45) is 3.20. The van der Waals surface area contributed by atoms with Gasteiger partial charge in [0.15, 0.2) is 0 Å². The van der Waals surface area contributed by atoms with Crippen molar-refractivity contribution < 1.29 is 13.5 Å². The quantitative estimate of drug-likeness (QED) is 0.695. The molecule has 0 saturated heterocycles. The summed E-state index contributed by atoms with van der Waals surface area (Å²) in [5.41, 5.74) is 0.786. The van der Waals surface area contributed by atoms with Crippen LogP contribution in [0.5, 0.6) is 0 Å². The minimum absolute atomic E-state index is 0.205. The lowest BCUT2D eigenvalue weighted by molar-refractivity contribution is 0.319. The van der Waals surface area contributed by atoms with Crippen molar-refractivity contribution in [2.24, 2.45) is 0 Å². The van der Waals surface area contributed by atoms with Crippen LogP contribution in [0.15, 0.2) is 24.5 Å². The van der Waals surface area contributed by atoms with E-state index in [1.807, 2.05) is 0 Å². The van der Waals surface area contributed by atoms with Gasteiger partial charge in [-0.05, 0) is 11.6 Å². The molecule has 0 aromatic carbocycles. The number of rotatable bonds is 5. The largest absolute Gasteiger partial charge is 0.395 e. The molecule has 0 aliphatic carbocycles. The van der Waals surface area contributed by atoms with E-state index in [0.29, 0.717) is 0 Å². The summed E-state index contributed by atoms with van der Waals surface area (Å²) in [5.74, 6) is -0.271. The van der Waals surface area contributed by atoms with Crippen molar-refractivity contribution in [3.05, 3.63) is 30.1 Å². The summed E-state index contributed by atoms with van der Waals surface area (Å²) < 4.78 is 24.6. The Morgan fingerprint density at radius 3 is 2.86 bits per heavy atom. The van der Waals surface area contributed by atoms with Crippen LogP contribution in [0.3, 0.4) is 0 Å². The van der Waals surface area contributed by atoms with E-state index in [4.69, 9.17) is 5.11 Å². The molecule has 6 heteroatoms. The molecular formula is C8H12N2O3S. The van der Waals surface area contributed by atoms with E-state index in [0.717, 1.165) is 5.56 Å². The van der Waals surface area contributed by atoms with Crippen LogP contribution >= 0.6 is 0 Å². The second kappa shape index (κ2) is 5.04. The predicted octanol–water partition coefficient (Wildman–Crippen LogP) is -0.507. The van der Waals surface area contributed by atoms with E-state index in [1.54, 1.807) is 24.5 Å². The highest BCUT2D eigenvalue weighted by Gasteiger charge is 2.07. The zero-order valence-corrected chi connectivity index (χ0v) is 8.37. The van der Waals surface area contributed by atoms with Crippen molar-refractivity contribution >= 4 is 10.0 Å². The normalized spacial score (nSPS) is 11.5. The first-order valence-corrected chi connectivity index (χ1v) is 5.76. The standard InChI is InChI=1S/C8H12N2O3S/c11-4-5-14(12,13)10-7-8-2-1-3-9-6-8/h1-3,6,10-11H,4-5,7H2. The van der Waals surface area contributed by atoms with Gasteiger partial charge in [-0.2, -0.15) is 0 Å². The molecule has 0 bridgehead atoms. The molecule has 5 nitrogen and oxygen atoms in total. The number of sulfonamides is 1. The minimum Gasteiger partial charge on any atom is -0.395 e. The topological polar surface area (TPSA) is 79.3 Å². The van der Waals surface area contributed by atoms with Crippen molar-refractivity contribution in [3.63, 3.8) is 0 Å². The van der Waals surface area contributed by atoms with Crippen LogP contribution in [-0.4, -0.2) is 30.9 Å². The van der Waals surface area contributed by atoms with Crippen LogP contribution in [-0.2, 0) is 16.6 Å². The lowest BCUT2D eigenvalue weighted by atomic mass is 10.3. The Labute approximate surface area is 82.9 Å². The highest BCUT2D eigenvalue weighted by atomic mass is 32.2. The van der Waals surface area contributed by atoms with Crippen LogP contribution in [0, 0.1) is 0 Å². The first kappa shape index (κ1) is 11.1. The summed E-state index contributed by atoms with van der Waals surface area (Å²) in [4.78, 5) is 3.85. The van der Waals surface area contributed by atoms with Gasteiger partial charge in [0.2, 0.25) is 10.0 Å². The van der Waals surface area contributed by atoms with Crippen LogP contribution in [0.2, 0.25) is 0 Å². The monoisotopic (exact) mass is 216 g/mol. The van der Waals surface area contributed by atoms with Crippen molar-refractivity contribution in [1.29, 1.82) is 0 Å². The Kier molecular flexibility index (Phi) is 3.99. The van der Waals surface area contributed by atoms with E-state index in [2.05, 4.69) is 9.71 Å². The highest BCUT2D eigenvalue weighted by molar-refractivity contribution is 7.89. The summed E-state index contributed by atoms with van der Waals surface area (Å²) >= 11 is 0. The fraction of sp³-hybridized carbons (Fsp3) is 0.375. The van der Waals surface area contributed by atoms with E-state index >= 15 is 0 Å². The maximum absolute atomic E-state index is 11.1. The third-order valence-electron chi connectivity index (χ3n) is 1.58. The molecule has 1 heterocycles. The molecule has 0 unspecified atom stereocenters. The molecule has 78 valence electrons. The highest BCUT2D eigenvalue weighted by Crippen LogP contribution is 1.95. The van der Waals surface area contributed by atoms with Crippen molar-refractivity contribution in [1.82, 2.24) is 9.71 Å². The van der Waals surface area contributed by atoms with Gasteiger partial charge in [-0.15, -0.1) is 0 Å². The zero-order chi connectivity index (χ0) is 10.4. The molecule has 0 aliphatic heterocycles. The second-order valence-electron chi connectivity index (χ2n) is 2.72. The maximum atomic E-state index is 11.1. The van der Waals surface area contributed by atoms with E-state index < -0.39 is 10.0 Å². The molecule has 1 aromatic heterocycles. The van der Waals surface area contributed by atoms with Gasteiger partial charge in [-0.25, -0.2) is 13.1 Å². The molecule has 2 N–H and O–H groups in total. The van der Waals surface area contributed by atoms with Crippen LogP contribution < -0.4 is 4.72 Å². The van der Waals surface area contributed by atoms with Gasteiger partial charge < -0.3 is 5.11 Å². The van der Waals surface area contributed by atoms with Crippen molar-refractivity contribution in [3.8, 4) is 0 Å². The van der Waals surface area contributed by atoms with Gasteiger partial charge in [0.05, 0.1) is 12.4 Å². The Hall–Kier alpha value is -0.980. The van der Waals surface area contributed by atoms with Crippen LogP contribution in [0.1, 0.15) is 5.56 Å². The third-order valence-corrected chi connectivity index (χ3v) is 2.88. The van der Waals surface area contributed by atoms with Gasteiger partial charge >= 0.3 is 0 Å². The number of hydrogen-bond acceptors (Lipinski definition) is 4. The lowest BCUT2D eigenvalue weighted by Gasteiger charge is -2.04. The Bertz CT molecular complexity index is 363. The summed E-state index contributed by atoms with van der Waals surface area (Å²) in [6.45, 7) is -0.168. The van der Waals surface area contributed by atoms with Crippen LogP contribution in [0.4, 0.5) is 0 Å². The van der Waals surface area contributed by atoms with Gasteiger partial charge in [0.1, 0.15) is 0 Å². The van der Waals surface area contributed by atoms with Crippen molar-refractivity contribution in [2.75, 3.05) is 12.4 Å². The van der Waals surface area contributed by atoms with Gasteiger partial charge in [-0.3, -0.25) is 4.98 Å². The summed E-state index contributed by atoms with van der Waals surface area (Å²) in [5, 5.41) is 8.47. The van der Waals surface area contributed by atoms with Crippen molar-refractivity contribution in [2.45, 2.75) is 6.54 Å². The van der Waals surface area contributed by atoms with E-state index in [9.17, 15) is 8.42 Å². The smallest absolute Gasteiger partial charge is 0.214 e. The predicted molar refractivity (Wildman–Crippen MR) is 51.9 cm³/mol. The SMILES string of the molecule is O=S(=O)(CCO)NCc1cccnc1. The Balaban J connectivity index is 2.49. The second-order valence-corrected chi connectivity index (χ2v) is 4.65. The number of aliphatic hydroxyl groups is 1. The fourth-order valence-corrected chi connectivity index (χ4v) is 1.66. The number of nitrogens with zero attached hydrogens (tertiary/aromatic N) is 1. The molecule has 0 fully saturated rings. The Morgan fingerprint density at radius 2 is 2.29 bits per heavy atom. The molecule has 1 aromatic rings. The summed E-state index contributed by atoms with van der Waals surface area (Å²) in [7, 11) is -3.36. The van der Waals surface area contributed by atoms with Gasteiger partial charge in [0.25, 0.3) is 0 Å². The maximum Gasteiger partial charge on any atom is 0.214 e. The first-order valence-electron chi connectivity index (χ1n) is 4.11. The van der Waals surface area contributed by atoms with E-state index in [1.165, 1.54) is 0 Å². The number of aromatic nitrogens is 1. The molecule has 0 saturated carbocycles. The molecule has 0 amide bonds. The molecule has 0 spiro atoms. The average molecular weight is 216 g/mol. The molecule has 0 atom stereocenters. The molecule has 14 heavy (non-hydrogen) atoms. The van der Waals surface area contributed by atoms with E-state index in [-0.39, 0.29) is 18.9 Å². The minimum atomic E-state index is -3.36. The molecule has 0 aliphatic rings. The first-order chi connectivity index (χ1) is 6.64. The number of aliphatic hydroxyl groups excluding tert-OH is 1. The molecular weight excluding hydrogens is 204 g/mol. The molecule has 1 rings (SSSR count). The van der Waals surface area contributed by atoms with Gasteiger partial charge in [-0.1, -0.05) is 6.07 Å². The number of hydrogen-bond donors (Lipinski definition) is 2. The lowest BCUT2D eigenvalue weighted by Crippen LogP contribution is -2.27. The zero-order valence-electron chi connectivity index (χ0n) is 7.55.